The molecule has 18 heavy (non-hydrogen) atoms. The highest BCUT2D eigenvalue weighted by Gasteiger charge is 2.15. The Bertz CT molecular complexity index is 607. The molecule has 0 fully saturated rings. The third-order valence-corrected chi connectivity index (χ3v) is 2.25. The van der Waals surface area contributed by atoms with Gasteiger partial charge < -0.3 is 5.32 Å². The van der Waals surface area contributed by atoms with Gasteiger partial charge in [-0.1, -0.05) is 6.07 Å². The van der Waals surface area contributed by atoms with Crippen molar-refractivity contribution in [3.8, 4) is 0 Å². The molecule has 4 nitrogen and oxygen atoms in total. The van der Waals surface area contributed by atoms with Crippen molar-refractivity contribution < 1.29 is 13.6 Å². The van der Waals surface area contributed by atoms with E-state index in [0.717, 1.165) is 12.1 Å². The number of nitrogens with zero attached hydrogens (tertiary/aromatic N) is 2. The molecule has 7 heteroatoms. The van der Waals surface area contributed by atoms with Gasteiger partial charge in [-0.2, -0.15) is 0 Å². The normalized spacial score (nSPS) is 10.2. The summed E-state index contributed by atoms with van der Waals surface area (Å²) in [4.78, 5) is 19.0. The summed E-state index contributed by atoms with van der Waals surface area (Å²) in [6.07, 6.45) is 1.33. The molecule has 0 aliphatic carbocycles. The Hall–Kier alpha value is -2.08. The minimum Gasteiger partial charge on any atom is -0.306 e. The number of benzene rings is 1. The molecule has 0 unspecified atom stereocenters. The molecule has 0 saturated heterocycles. The third-order valence-electron chi connectivity index (χ3n) is 2.06. The van der Waals surface area contributed by atoms with Crippen LogP contribution in [0.15, 0.2) is 30.5 Å². The highest BCUT2D eigenvalue weighted by molar-refractivity contribution is 6.28. The van der Waals surface area contributed by atoms with Crippen LogP contribution in [0.2, 0.25) is 5.28 Å². The van der Waals surface area contributed by atoms with Crippen LogP contribution < -0.4 is 5.32 Å². The third kappa shape index (κ3) is 2.60. The lowest BCUT2D eigenvalue weighted by Gasteiger charge is -2.05. The van der Waals surface area contributed by atoms with Crippen LogP contribution in [0.1, 0.15) is 10.4 Å². The first-order valence-corrected chi connectivity index (χ1v) is 5.19. The Morgan fingerprint density at radius 3 is 2.78 bits per heavy atom. The van der Waals surface area contributed by atoms with Gasteiger partial charge in [0, 0.05) is 6.20 Å². The van der Waals surface area contributed by atoms with E-state index >= 15 is 0 Å². The minimum atomic E-state index is -1.21. The SMILES string of the molecule is O=C(Nc1ccnc(Cl)n1)c1cccc(F)c1F. The largest absolute Gasteiger partial charge is 0.306 e. The Kier molecular flexibility index (Phi) is 3.47. The van der Waals surface area contributed by atoms with Crippen molar-refractivity contribution in [3.63, 3.8) is 0 Å². The van der Waals surface area contributed by atoms with E-state index < -0.39 is 23.1 Å². The average molecular weight is 270 g/mol. The summed E-state index contributed by atoms with van der Waals surface area (Å²) < 4.78 is 26.3. The zero-order valence-corrected chi connectivity index (χ0v) is 9.58. The first-order valence-electron chi connectivity index (χ1n) is 4.82. The molecule has 0 bridgehead atoms. The van der Waals surface area contributed by atoms with Crippen LogP contribution in [0, 0.1) is 11.6 Å². The van der Waals surface area contributed by atoms with Crippen molar-refractivity contribution in [2.75, 3.05) is 5.32 Å². The fraction of sp³-hybridized carbons (Fsp3) is 0. The number of nitrogens with one attached hydrogen (secondary N) is 1. The number of carbonyl (C=O) groups excluding carboxylic acids is 1. The standard InChI is InChI=1S/C11H6ClF2N3O/c12-11-15-5-4-8(17-11)16-10(18)6-2-1-3-7(13)9(6)14/h1-5H,(H,15,16,17,18). The number of hydrogen-bond donors (Lipinski definition) is 1. The summed E-state index contributed by atoms with van der Waals surface area (Å²) in [6, 6.07) is 4.70. The molecule has 0 saturated carbocycles. The first-order chi connectivity index (χ1) is 8.58. The molecule has 0 atom stereocenters. The van der Waals surface area contributed by atoms with Crippen LogP contribution in [0.3, 0.4) is 0 Å². The molecule has 1 heterocycles. The first kappa shape index (κ1) is 12.4. The van der Waals surface area contributed by atoms with Gasteiger partial charge in [0.2, 0.25) is 5.28 Å². The predicted molar refractivity (Wildman–Crippen MR) is 61.4 cm³/mol. The number of aromatic nitrogens is 2. The highest BCUT2D eigenvalue weighted by atomic mass is 35.5. The average Bonchev–Trinajstić information content (AvgIpc) is 2.32. The molecular formula is C11H6ClF2N3O. The molecule has 0 aliphatic rings. The molecule has 1 amide bonds. The van der Waals surface area contributed by atoms with Gasteiger partial charge >= 0.3 is 0 Å². The van der Waals surface area contributed by atoms with E-state index in [9.17, 15) is 13.6 Å². The van der Waals surface area contributed by atoms with Gasteiger partial charge in [-0.3, -0.25) is 4.79 Å². The summed E-state index contributed by atoms with van der Waals surface area (Å²) >= 11 is 5.52. The summed E-state index contributed by atoms with van der Waals surface area (Å²) in [5, 5.41) is 2.22. The second-order valence-electron chi connectivity index (χ2n) is 3.27. The van der Waals surface area contributed by atoms with Crippen LogP contribution in [0.5, 0.6) is 0 Å². The Balaban J connectivity index is 2.25. The van der Waals surface area contributed by atoms with Gasteiger partial charge in [0.15, 0.2) is 11.6 Å². The van der Waals surface area contributed by atoms with E-state index in [1.165, 1.54) is 18.3 Å². The van der Waals surface area contributed by atoms with E-state index in [1.807, 2.05) is 0 Å². The van der Waals surface area contributed by atoms with Gasteiger partial charge in [-0.15, -0.1) is 0 Å². The van der Waals surface area contributed by atoms with Gasteiger partial charge in [-0.25, -0.2) is 18.7 Å². The molecule has 2 rings (SSSR count). The number of carbonyl (C=O) groups is 1. The number of anilines is 1. The smallest absolute Gasteiger partial charge is 0.259 e. The van der Waals surface area contributed by atoms with Crippen molar-refractivity contribution in [2.45, 2.75) is 0 Å². The number of hydrogen-bond acceptors (Lipinski definition) is 3. The van der Waals surface area contributed by atoms with Crippen molar-refractivity contribution >= 4 is 23.3 Å². The fourth-order valence-electron chi connectivity index (χ4n) is 1.27. The second-order valence-corrected chi connectivity index (χ2v) is 3.60. The summed E-state index contributed by atoms with van der Waals surface area (Å²) in [5.41, 5.74) is -0.412. The maximum absolute atomic E-state index is 13.3. The molecule has 2 aromatic rings. The van der Waals surface area contributed by atoms with Crippen molar-refractivity contribution in [1.29, 1.82) is 0 Å². The van der Waals surface area contributed by atoms with Crippen LogP contribution in [-0.2, 0) is 0 Å². The molecular weight excluding hydrogens is 264 g/mol. The Morgan fingerprint density at radius 2 is 2.06 bits per heavy atom. The highest BCUT2D eigenvalue weighted by Crippen LogP contribution is 2.13. The summed E-state index contributed by atoms with van der Waals surface area (Å²) in [7, 11) is 0. The Morgan fingerprint density at radius 1 is 1.28 bits per heavy atom. The van der Waals surface area contributed by atoms with Gasteiger partial charge in [-0.05, 0) is 29.8 Å². The van der Waals surface area contributed by atoms with Crippen molar-refractivity contribution in [1.82, 2.24) is 9.97 Å². The number of amides is 1. The molecule has 0 aliphatic heterocycles. The molecule has 1 aromatic carbocycles. The van der Waals surface area contributed by atoms with E-state index in [-0.39, 0.29) is 11.1 Å². The maximum atomic E-state index is 13.3. The van der Waals surface area contributed by atoms with Gasteiger partial charge in [0.1, 0.15) is 5.82 Å². The number of rotatable bonds is 2. The lowest BCUT2D eigenvalue weighted by molar-refractivity contribution is 0.102. The van der Waals surface area contributed by atoms with Crippen molar-refractivity contribution in [3.05, 3.63) is 52.9 Å². The molecule has 1 N–H and O–H groups in total. The van der Waals surface area contributed by atoms with E-state index in [4.69, 9.17) is 11.6 Å². The lowest BCUT2D eigenvalue weighted by Crippen LogP contribution is -2.15. The van der Waals surface area contributed by atoms with Crippen LogP contribution in [0.4, 0.5) is 14.6 Å². The fourth-order valence-corrected chi connectivity index (χ4v) is 1.41. The number of halogens is 3. The zero-order chi connectivity index (χ0) is 13.1. The predicted octanol–water partition coefficient (Wildman–Crippen LogP) is 2.66. The molecule has 1 aromatic heterocycles. The topological polar surface area (TPSA) is 54.9 Å². The summed E-state index contributed by atoms with van der Waals surface area (Å²) in [6.45, 7) is 0. The van der Waals surface area contributed by atoms with Gasteiger partial charge in [0.05, 0.1) is 5.56 Å². The summed E-state index contributed by atoms with van der Waals surface area (Å²) in [5.74, 6) is -3.02. The van der Waals surface area contributed by atoms with Crippen LogP contribution >= 0.6 is 11.6 Å². The molecule has 0 radical (unpaired) electrons. The molecule has 0 spiro atoms. The van der Waals surface area contributed by atoms with Crippen LogP contribution in [-0.4, -0.2) is 15.9 Å². The zero-order valence-electron chi connectivity index (χ0n) is 8.82. The van der Waals surface area contributed by atoms with Crippen LogP contribution in [0.25, 0.3) is 0 Å². The Labute approximate surface area is 106 Å². The molecule has 92 valence electrons. The monoisotopic (exact) mass is 269 g/mol. The maximum Gasteiger partial charge on any atom is 0.259 e. The van der Waals surface area contributed by atoms with E-state index in [0.29, 0.717) is 0 Å². The second kappa shape index (κ2) is 5.05. The minimum absolute atomic E-state index is 0.0625. The van der Waals surface area contributed by atoms with E-state index in [1.54, 1.807) is 0 Å². The quantitative estimate of drug-likeness (QED) is 0.853. The van der Waals surface area contributed by atoms with E-state index in [2.05, 4.69) is 15.3 Å². The van der Waals surface area contributed by atoms with Crippen molar-refractivity contribution in [2.24, 2.45) is 0 Å². The van der Waals surface area contributed by atoms with Gasteiger partial charge in [0.25, 0.3) is 5.91 Å². The lowest BCUT2D eigenvalue weighted by atomic mass is 10.2.